The summed E-state index contributed by atoms with van der Waals surface area (Å²) in [6.07, 6.45) is 3.89. The van der Waals surface area contributed by atoms with Gasteiger partial charge >= 0.3 is 0 Å². The third kappa shape index (κ3) is 3.61. The molecule has 0 spiro atoms. The molecule has 0 fully saturated rings. The molecule has 18 heavy (non-hydrogen) atoms. The first-order valence-electron chi connectivity index (χ1n) is 5.32. The molecule has 0 bridgehead atoms. The fourth-order valence-electron chi connectivity index (χ4n) is 1.29. The van der Waals surface area contributed by atoms with E-state index in [4.69, 9.17) is 4.74 Å². The van der Waals surface area contributed by atoms with Crippen LogP contribution in [0, 0.1) is 0 Å². The number of hydrogen-bond acceptors (Lipinski definition) is 6. The van der Waals surface area contributed by atoms with Crippen LogP contribution in [0.1, 0.15) is 5.82 Å². The lowest BCUT2D eigenvalue weighted by Gasteiger charge is -2.06. The minimum Gasteiger partial charge on any atom is -0.486 e. The van der Waals surface area contributed by atoms with Crippen molar-refractivity contribution < 1.29 is 4.74 Å². The number of hydrogen-bond donors (Lipinski definition) is 0. The van der Waals surface area contributed by atoms with Gasteiger partial charge in [-0.3, -0.25) is 0 Å². The van der Waals surface area contributed by atoms with Gasteiger partial charge in [-0.15, -0.1) is 0 Å². The van der Waals surface area contributed by atoms with Crippen LogP contribution in [0.3, 0.4) is 0 Å². The summed E-state index contributed by atoms with van der Waals surface area (Å²) in [6.45, 7) is 0.355. The van der Waals surface area contributed by atoms with E-state index in [1.807, 2.05) is 42.8 Å². The summed E-state index contributed by atoms with van der Waals surface area (Å²) in [4.78, 5) is 12.9. The maximum absolute atomic E-state index is 5.62. The van der Waals surface area contributed by atoms with Crippen molar-refractivity contribution in [1.82, 2.24) is 15.0 Å². The summed E-state index contributed by atoms with van der Waals surface area (Å²) in [5, 5.41) is 1.45. The van der Waals surface area contributed by atoms with Gasteiger partial charge in [0.25, 0.3) is 0 Å². The molecule has 1 aromatic heterocycles. The van der Waals surface area contributed by atoms with E-state index in [-0.39, 0.29) is 0 Å². The Labute approximate surface area is 115 Å². The van der Waals surface area contributed by atoms with Crippen molar-refractivity contribution in [1.29, 1.82) is 0 Å². The molecule has 0 saturated carbocycles. The summed E-state index contributed by atoms with van der Waals surface area (Å²) >= 11 is 3.01. The molecule has 1 heterocycles. The zero-order valence-electron chi connectivity index (χ0n) is 10.2. The van der Waals surface area contributed by atoms with Crippen molar-refractivity contribution >= 4 is 23.5 Å². The molecule has 2 aromatic rings. The molecule has 0 N–H and O–H groups in total. The summed E-state index contributed by atoms with van der Waals surface area (Å²) in [5.74, 6) is 1.47. The van der Waals surface area contributed by atoms with Gasteiger partial charge in [-0.25, -0.2) is 9.97 Å². The summed E-state index contributed by atoms with van der Waals surface area (Å²) in [5.41, 5.74) is 0. The van der Waals surface area contributed by atoms with Crippen molar-refractivity contribution in [2.75, 3.05) is 12.5 Å². The largest absolute Gasteiger partial charge is 0.486 e. The average Bonchev–Trinajstić information content (AvgIpc) is 2.45. The molecule has 0 aliphatic rings. The second kappa shape index (κ2) is 6.61. The number of thioether (sulfide) groups is 2. The first kappa shape index (κ1) is 13.2. The molecule has 0 atom stereocenters. The number of aromatic nitrogens is 3. The Morgan fingerprint density at radius 2 is 1.56 bits per heavy atom. The van der Waals surface area contributed by atoms with Crippen molar-refractivity contribution in [2.24, 2.45) is 0 Å². The minimum absolute atomic E-state index is 0.355. The van der Waals surface area contributed by atoms with Crippen LogP contribution in [-0.4, -0.2) is 27.5 Å². The number of nitrogens with zero attached hydrogens (tertiary/aromatic N) is 3. The molecule has 0 amide bonds. The van der Waals surface area contributed by atoms with Gasteiger partial charge in [0, 0.05) is 0 Å². The smallest absolute Gasteiger partial charge is 0.191 e. The lowest BCUT2D eigenvalue weighted by Crippen LogP contribution is -2.05. The quantitative estimate of drug-likeness (QED) is 0.784. The van der Waals surface area contributed by atoms with Gasteiger partial charge in [0.2, 0.25) is 0 Å². The van der Waals surface area contributed by atoms with E-state index in [2.05, 4.69) is 15.0 Å². The van der Waals surface area contributed by atoms with E-state index in [9.17, 15) is 0 Å². The Morgan fingerprint density at radius 3 is 2.11 bits per heavy atom. The Kier molecular flexibility index (Phi) is 4.83. The summed E-state index contributed by atoms with van der Waals surface area (Å²) < 4.78 is 5.62. The third-order valence-electron chi connectivity index (χ3n) is 2.12. The zero-order valence-corrected chi connectivity index (χ0v) is 11.8. The van der Waals surface area contributed by atoms with Crippen molar-refractivity contribution in [2.45, 2.75) is 16.9 Å². The van der Waals surface area contributed by atoms with Crippen LogP contribution in [0.5, 0.6) is 5.75 Å². The molecule has 6 heteroatoms. The molecule has 0 unspecified atom stereocenters. The van der Waals surface area contributed by atoms with Gasteiger partial charge < -0.3 is 4.74 Å². The number of para-hydroxylation sites is 1. The van der Waals surface area contributed by atoms with E-state index in [0.717, 1.165) is 16.1 Å². The predicted molar refractivity (Wildman–Crippen MR) is 74.2 cm³/mol. The van der Waals surface area contributed by atoms with E-state index in [0.29, 0.717) is 12.4 Å². The highest BCUT2D eigenvalue weighted by molar-refractivity contribution is 7.99. The Balaban J connectivity index is 2.09. The first-order chi connectivity index (χ1) is 8.81. The molecular formula is C12H13N3OS2. The highest BCUT2D eigenvalue weighted by Gasteiger charge is 2.05. The second-order valence-electron chi connectivity index (χ2n) is 3.33. The molecule has 0 radical (unpaired) electrons. The topological polar surface area (TPSA) is 47.9 Å². The molecule has 1 aromatic carbocycles. The Morgan fingerprint density at radius 1 is 0.944 bits per heavy atom. The lowest BCUT2D eigenvalue weighted by atomic mass is 10.3. The molecule has 0 saturated heterocycles. The number of benzene rings is 1. The van der Waals surface area contributed by atoms with Crippen molar-refractivity contribution in [3.8, 4) is 5.75 Å². The SMILES string of the molecule is CSc1nc(COc2ccccc2)nc(SC)n1. The summed E-state index contributed by atoms with van der Waals surface area (Å²) in [6, 6.07) is 9.64. The lowest BCUT2D eigenvalue weighted by molar-refractivity contribution is 0.292. The van der Waals surface area contributed by atoms with Crippen LogP contribution >= 0.6 is 23.5 Å². The van der Waals surface area contributed by atoms with E-state index in [1.54, 1.807) is 0 Å². The van der Waals surface area contributed by atoms with Gasteiger partial charge in [-0.05, 0) is 24.6 Å². The monoisotopic (exact) mass is 279 g/mol. The average molecular weight is 279 g/mol. The van der Waals surface area contributed by atoms with Gasteiger partial charge in [-0.1, -0.05) is 41.7 Å². The van der Waals surface area contributed by atoms with E-state index >= 15 is 0 Å². The van der Waals surface area contributed by atoms with Gasteiger partial charge in [-0.2, -0.15) is 4.98 Å². The van der Waals surface area contributed by atoms with Crippen LogP contribution in [-0.2, 0) is 6.61 Å². The third-order valence-corrected chi connectivity index (χ3v) is 3.21. The fourth-order valence-corrected chi connectivity index (χ4v) is 2.10. The van der Waals surface area contributed by atoms with Crippen LogP contribution < -0.4 is 4.74 Å². The van der Waals surface area contributed by atoms with Gasteiger partial charge in [0.05, 0.1) is 0 Å². The number of rotatable bonds is 5. The van der Waals surface area contributed by atoms with E-state index < -0.39 is 0 Å². The maximum atomic E-state index is 5.62. The molecule has 94 valence electrons. The Hall–Kier alpha value is -1.27. The van der Waals surface area contributed by atoms with Crippen LogP contribution in [0.2, 0.25) is 0 Å². The van der Waals surface area contributed by atoms with Gasteiger partial charge in [0.15, 0.2) is 16.1 Å². The van der Waals surface area contributed by atoms with Crippen LogP contribution in [0.4, 0.5) is 0 Å². The zero-order chi connectivity index (χ0) is 12.8. The number of ether oxygens (including phenoxy) is 1. The molecule has 4 nitrogen and oxygen atoms in total. The summed E-state index contributed by atoms with van der Waals surface area (Å²) in [7, 11) is 0. The molecule has 2 rings (SSSR count). The fraction of sp³-hybridized carbons (Fsp3) is 0.250. The normalized spacial score (nSPS) is 10.3. The molecular weight excluding hydrogens is 266 g/mol. The second-order valence-corrected chi connectivity index (χ2v) is 4.87. The van der Waals surface area contributed by atoms with E-state index in [1.165, 1.54) is 23.5 Å². The van der Waals surface area contributed by atoms with Crippen LogP contribution in [0.15, 0.2) is 40.6 Å². The molecule has 0 aliphatic carbocycles. The van der Waals surface area contributed by atoms with Crippen LogP contribution in [0.25, 0.3) is 0 Å². The Bertz CT molecular complexity index is 486. The first-order valence-corrected chi connectivity index (χ1v) is 7.77. The van der Waals surface area contributed by atoms with Crippen molar-refractivity contribution in [3.63, 3.8) is 0 Å². The maximum Gasteiger partial charge on any atom is 0.191 e. The highest BCUT2D eigenvalue weighted by Crippen LogP contribution is 2.16. The standard InChI is InChI=1S/C12H13N3OS2/c1-17-11-13-10(14-12(15-11)18-2)8-16-9-6-4-3-5-7-9/h3-7H,8H2,1-2H3. The van der Waals surface area contributed by atoms with Crippen molar-refractivity contribution in [3.05, 3.63) is 36.2 Å². The molecule has 0 aliphatic heterocycles. The predicted octanol–water partition coefficient (Wildman–Crippen LogP) is 2.89. The minimum atomic E-state index is 0.355. The van der Waals surface area contributed by atoms with Gasteiger partial charge in [0.1, 0.15) is 12.4 Å². The highest BCUT2D eigenvalue weighted by atomic mass is 32.2.